The van der Waals surface area contributed by atoms with Crippen LogP contribution in [0.3, 0.4) is 0 Å². The number of benzene rings is 1. The van der Waals surface area contributed by atoms with Crippen LogP contribution in [0.15, 0.2) is 6.07 Å². The molecule has 0 amide bonds. The second-order valence-corrected chi connectivity index (χ2v) is 3.66. The van der Waals surface area contributed by atoms with Gasteiger partial charge in [-0.1, -0.05) is 11.6 Å². The van der Waals surface area contributed by atoms with E-state index in [4.69, 9.17) is 11.6 Å². The van der Waals surface area contributed by atoms with Crippen LogP contribution in [0.1, 0.15) is 21.5 Å². The highest BCUT2D eigenvalue weighted by atomic mass is 35.5. The van der Waals surface area contributed by atoms with E-state index in [0.717, 1.165) is 0 Å². The average Bonchev–Trinajstić information content (AvgIpc) is 2.22. The van der Waals surface area contributed by atoms with Gasteiger partial charge >= 0.3 is 5.97 Å². The van der Waals surface area contributed by atoms with Gasteiger partial charge in [0.1, 0.15) is 5.02 Å². The van der Waals surface area contributed by atoms with Crippen LogP contribution in [0, 0.1) is 24.0 Å². The SMILES string of the molecule is COC(=O)c1cc(C)c(C)c([N+](=O)[O-])c1Cl. The predicted molar refractivity (Wildman–Crippen MR) is 58.9 cm³/mol. The number of esters is 1. The minimum Gasteiger partial charge on any atom is -0.465 e. The van der Waals surface area contributed by atoms with Crippen LogP contribution in [0.25, 0.3) is 0 Å². The second-order valence-electron chi connectivity index (χ2n) is 3.28. The van der Waals surface area contributed by atoms with Gasteiger partial charge in [0.15, 0.2) is 0 Å². The van der Waals surface area contributed by atoms with Gasteiger partial charge in [-0.05, 0) is 25.5 Å². The van der Waals surface area contributed by atoms with Crippen molar-refractivity contribution < 1.29 is 14.5 Å². The van der Waals surface area contributed by atoms with Crippen molar-refractivity contribution >= 4 is 23.3 Å². The number of nitro benzene ring substituents is 1. The number of rotatable bonds is 2. The monoisotopic (exact) mass is 243 g/mol. The lowest BCUT2D eigenvalue weighted by Gasteiger charge is -2.07. The van der Waals surface area contributed by atoms with E-state index in [2.05, 4.69) is 4.74 Å². The lowest BCUT2D eigenvalue weighted by molar-refractivity contribution is -0.385. The standard InChI is InChI=1S/C10H10ClNO4/c1-5-4-7(10(13)16-3)8(11)9(6(5)2)12(14)15/h4H,1-3H3. The number of hydrogen-bond donors (Lipinski definition) is 0. The summed E-state index contributed by atoms with van der Waals surface area (Å²) in [6.45, 7) is 3.26. The number of ether oxygens (including phenoxy) is 1. The van der Waals surface area contributed by atoms with E-state index in [9.17, 15) is 14.9 Å². The fraction of sp³-hybridized carbons (Fsp3) is 0.300. The molecule has 0 unspecified atom stereocenters. The lowest BCUT2D eigenvalue weighted by Crippen LogP contribution is -2.06. The van der Waals surface area contributed by atoms with Crippen molar-refractivity contribution in [1.29, 1.82) is 0 Å². The number of carbonyl (C=O) groups is 1. The van der Waals surface area contributed by atoms with Crippen LogP contribution in [0.4, 0.5) is 5.69 Å². The van der Waals surface area contributed by atoms with E-state index < -0.39 is 10.9 Å². The summed E-state index contributed by atoms with van der Waals surface area (Å²) in [4.78, 5) is 21.6. The number of carbonyl (C=O) groups excluding carboxylic acids is 1. The van der Waals surface area contributed by atoms with E-state index in [-0.39, 0.29) is 16.3 Å². The van der Waals surface area contributed by atoms with Crippen molar-refractivity contribution in [3.05, 3.63) is 37.9 Å². The Labute approximate surface area is 97.1 Å². The number of nitrogens with zero attached hydrogens (tertiary/aromatic N) is 1. The van der Waals surface area contributed by atoms with Gasteiger partial charge in [-0.25, -0.2) is 4.79 Å². The molecule has 0 bridgehead atoms. The molecule has 0 saturated heterocycles. The highest BCUT2D eigenvalue weighted by molar-refractivity contribution is 6.35. The highest BCUT2D eigenvalue weighted by Gasteiger charge is 2.25. The molecule has 1 aromatic carbocycles. The van der Waals surface area contributed by atoms with E-state index in [1.165, 1.54) is 13.2 Å². The van der Waals surface area contributed by atoms with E-state index >= 15 is 0 Å². The third-order valence-electron chi connectivity index (χ3n) is 2.34. The summed E-state index contributed by atoms with van der Waals surface area (Å²) in [5, 5.41) is 10.6. The summed E-state index contributed by atoms with van der Waals surface area (Å²) in [6.07, 6.45) is 0. The van der Waals surface area contributed by atoms with Crippen LogP contribution < -0.4 is 0 Å². The zero-order chi connectivity index (χ0) is 12.5. The van der Waals surface area contributed by atoms with Crippen molar-refractivity contribution in [3.8, 4) is 0 Å². The maximum absolute atomic E-state index is 11.3. The molecule has 6 heteroatoms. The van der Waals surface area contributed by atoms with Crippen LogP contribution in [0.2, 0.25) is 5.02 Å². The van der Waals surface area contributed by atoms with Crippen molar-refractivity contribution in [1.82, 2.24) is 0 Å². The molecule has 5 nitrogen and oxygen atoms in total. The summed E-state index contributed by atoms with van der Waals surface area (Å²) >= 11 is 5.81. The van der Waals surface area contributed by atoms with Gasteiger partial charge in [-0.15, -0.1) is 0 Å². The van der Waals surface area contributed by atoms with Crippen molar-refractivity contribution in [2.75, 3.05) is 7.11 Å². The van der Waals surface area contributed by atoms with Crippen LogP contribution >= 0.6 is 11.6 Å². The molecular weight excluding hydrogens is 234 g/mol. The first-order valence-corrected chi connectivity index (χ1v) is 4.80. The fourth-order valence-electron chi connectivity index (χ4n) is 1.34. The molecule has 0 fully saturated rings. The van der Waals surface area contributed by atoms with Crippen molar-refractivity contribution in [2.24, 2.45) is 0 Å². The molecule has 0 spiro atoms. The maximum Gasteiger partial charge on any atom is 0.339 e. The Balaban J connectivity index is 3.56. The van der Waals surface area contributed by atoms with Gasteiger partial charge in [-0.2, -0.15) is 0 Å². The Kier molecular flexibility index (Phi) is 3.49. The highest BCUT2D eigenvalue weighted by Crippen LogP contribution is 2.33. The van der Waals surface area contributed by atoms with E-state index in [0.29, 0.717) is 11.1 Å². The van der Waals surface area contributed by atoms with Gasteiger partial charge in [-0.3, -0.25) is 10.1 Å². The molecule has 0 N–H and O–H groups in total. The molecule has 16 heavy (non-hydrogen) atoms. The second kappa shape index (κ2) is 4.49. The summed E-state index contributed by atoms with van der Waals surface area (Å²) in [5.41, 5.74) is 0.834. The average molecular weight is 244 g/mol. The number of methoxy groups -OCH3 is 1. The normalized spacial score (nSPS) is 10.0. The molecule has 0 aliphatic heterocycles. The molecule has 0 radical (unpaired) electrons. The fourth-order valence-corrected chi connectivity index (χ4v) is 1.69. The van der Waals surface area contributed by atoms with Gasteiger partial charge < -0.3 is 4.74 Å². The third kappa shape index (κ3) is 1.99. The van der Waals surface area contributed by atoms with Gasteiger partial charge in [0.2, 0.25) is 0 Å². The van der Waals surface area contributed by atoms with E-state index in [1.807, 2.05) is 0 Å². The third-order valence-corrected chi connectivity index (χ3v) is 2.72. The smallest absolute Gasteiger partial charge is 0.339 e. The van der Waals surface area contributed by atoms with Gasteiger partial charge in [0.25, 0.3) is 5.69 Å². The Morgan fingerprint density at radius 2 is 2.06 bits per heavy atom. The molecule has 0 atom stereocenters. The molecule has 0 aliphatic rings. The molecule has 86 valence electrons. The molecule has 0 saturated carbocycles. The number of aryl methyl sites for hydroxylation is 1. The maximum atomic E-state index is 11.3. The quantitative estimate of drug-likeness (QED) is 0.455. The van der Waals surface area contributed by atoms with Crippen LogP contribution in [-0.2, 0) is 4.74 Å². The topological polar surface area (TPSA) is 69.4 Å². The number of halogens is 1. The Bertz CT molecular complexity index is 470. The minimum absolute atomic E-state index is 0.0129. The zero-order valence-corrected chi connectivity index (χ0v) is 9.79. The Morgan fingerprint density at radius 1 is 1.50 bits per heavy atom. The van der Waals surface area contributed by atoms with Crippen molar-refractivity contribution in [3.63, 3.8) is 0 Å². The summed E-state index contributed by atoms with van der Waals surface area (Å²) in [7, 11) is 1.19. The number of hydrogen-bond acceptors (Lipinski definition) is 4. The van der Waals surface area contributed by atoms with Gasteiger partial charge in [0, 0.05) is 5.56 Å². The minimum atomic E-state index is -0.684. The first-order chi connectivity index (χ1) is 7.40. The van der Waals surface area contributed by atoms with Crippen molar-refractivity contribution in [2.45, 2.75) is 13.8 Å². The first-order valence-electron chi connectivity index (χ1n) is 4.42. The predicted octanol–water partition coefficient (Wildman–Crippen LogP) is 2.65. The van der Waals surface area contributed by atoms with Crippen LogP contribution in [0.5, 0.6) is 0 Å². The number of nitro groups is 1. The Morgan fingerprint density at radius 3 is 2.50 bits per heavy atom. The lowest BCUT2D eigenvalue weighted by atomic mass is 10.0. The zero-order valence-electron chi connectivity index (χ0n) is 9.04. The van der Waals surface area contributed by atoms with E-state index in [1.54, 1.807) is 13.8 Å². The largest absolute Gasteiger partial charge is 0.465 e. The molecule has 0 aromatic heterocycles. The summed E-state index contributed by atoms with van der Waals surface area (Å²) in [5.74, 6) is -0.684. The molecule has 1 aromatic rings. The van der Waals surface area contributed by atoms with Gasteiger partial charge in [0.05, 0.1) is 17.6 Å². The first kappa shape index (κ1) is 12.4. The molecule has 0 aliphatic carbocycles. The molecule has 1 rings (SSSR count). The molecule has 0 heterocycles. The van der Waals surface area contributed by atoms with Crippen LogP contribution in [-0.4, -0.2) is 18.0 Å². The Hall–Kier alpha value is -1.62. The summed E-state index contributed by atoms with van der Waals surface area (Å²) < 4.78 is 4.50. The molecular formula is C10H10ClNO4. The summed E-state index contributed by atoms with van der Waals surface area (Å²) in [6, 6.07) is 1.48.